The van der Waals surface area contributed by atoms with Crippen molar-refractivity contribution in [1.29, 1.82) is 0 Å². The molecule has 0 heterocycles. The van der Waals surface area contributed by atoms with Gasteiger partial charge < -0.3 is 0 Å². The van der Waals surface area contributed by atoms with Crippen molar-refractivity contribution in [3.63, 3.8) is 0 Å². The van der Waals surface area contributed by atoms with Gasteiger partial charge in [0, 0.05) is 0 Å². The first-order valence-electron chi connectivity index (χ1n) is 8.56. The third-order valence-electron chi connectivity index (χ3n) is 4.81. The van der Waals surface area contributed by atoms with Crippen molar-refractivity contribution in [2.45, 2.75) is 26.2 Å². The zero-order valence-electron chi connectivity index (χ0n) is 14.5. The predicted molar refractivity (Wildman–Crippen MR) is 106 cm³/mol. The molecule has 0 nitrogen and oxygen atoms in total. The Bertz CT molecular complexity index is 1020. The lowest BCUT2D eigenvalue weighted by atomic mass is 9.82. The minimum Gasteiger partial charge on any atom is -0.0622 e. The summed E-state index contributed by atoms with van der Waals surface area (Å²) in [6.07, 6.45) is 0. The lowest BCUT2D eigenvalue weighted by Crippen LogP contribution is -2.11. The maximum atomic E-state index is 2.30. The number of fused-ring (bicyclic) bond motifs is 3. The van der Waals surface area contributed by atoms with Crippen molar-refractivity contribution < 1.29 is 0 Å². The van der Waals surface area contributed by atoms with E-state index in [9.17, 15) is 0 Å². The van der Waals surface area contributed by atoms with Gasteiger partial charge in [-0.15, -0.1) is 0 Å². The van der Waals surface area contributed by atoms with Crippen LogP contribution >= 0.6 is 0 Å². The Kier molecular flexibility index (Phi) is 3.42. The van der Waals surface area contributed by atoms with Gasteiger partial charge in [0.05, 0.1) is 0 Å². The molecule has 0 aromatic heterocycles. The monoisotopic (exact) mass is 310 g/mol. The number of hydrogen-bond acceptors (Lipinski definition) is 0. The molecule has 0 fully saturated rings. The number of benzene rings is 4. The molecule has 4 rings (SSSR count). The molecular weight excluding hydrogens is 288 g/mol. The molecular formula is C24H22. The molecule has 0 amide bonds. The van der Waals surface area contributed by atoms with Gasteiger partial charge in [0.2, 0.25) is 0 Å². The highest BCUT2D eigenvalue weighted by Gasteiger charge is 2.17. The molecule has 0 heteroatoms. The summed E-state index contributed by atoms with van der Waals surface area (Å²) in [5.41, 5.74) is 4.13. The fraction of sp³-hybridized carbons (Fsp3) is 0.167. The van der Waals surface area contributed by atoms with Crippen LogP contribution in [0.2, 0.25) is 0 Å². The smallest absolute Gasteiger partial charge is 0.00990 e. The zero-order chi connectivity index (χ0) is 16.7. The van der Waals surface area contributed by atoms with Crippen LogP contribution in [0, 0.1) is 0 Å². The summed E-state index contributed by atoms with van der Waals surface area (Å²) in [4.78, 5) is 0. The van der Waals surface area contributed by atoms with Crippen molar-refractivity contribution in [3.05, 3.63) is 84.4 Å². The van der Waals surface area contributed by atoms with E-state index in [1.54, 1.807) is 0 Å². The zero-order valence-corrected chi connectivity index (χ0v) is 14.5. The molecule has 0 radical (unpaired) electrons. The minimum atomic E-state index is 0.143. The van der Waals surface area contributed by atoms with Crippen LogP contribution in [0.15, 0.2) is 78.9 Å². The summed E-state index contributed by atoms with van der Waals surface area (Å²) in [5, 5.41) is 5.36. The van der Waals surface area contributed by atoms with Gasteiger partial charge in [-0.25, -0.2) is 0 Å². The quantitative estimate of drug-likeness (QED) is 0.333. The fourth-order valence-electron chi connectivity index (χ4n) is 3.65. The first kappa shape index (κ1) is 15.0. The van der Waals surface area contributed by atoms with Gasteiger partial charge in [-0.3, -0.25) is 0 Å². The molecule has 0 spiro atoms. The van der Waals surface area contributed by atoms with E-state index in [-0.39, 0.29) is 5.41 Å². The highest BCUT2D eigenvalue weighted by molar-refractivity contribution is 6.12. The van der Waals surface area contributed by atoms with E-state index in [4.69, 9.17) is 0 Å². The van der Waals surface area contributed by atoms with Crippen molar-refractivity contribution in [2.24, 2.45) is 0 Å². The van der Waals surface area contributed by atoms with E-state index in [1.807, 2.05) is 0 Å². The van der Waals surface area contributed by atoms with Gasteiger partial charge in [-0.05, 0) is 43.7 Å². The fourth-order valence-corrected chi connectivity index (χ4v) is 3.65. The van der Waals surface area contributed by atoms with Gasteiger partial charge in [-0.1, -0.05) is 99.6 Å². The molecule has 0 aliphatic heterocycles. The molecule has 0 saturated carbocycles. The van der Waals surface area contributed by atoms with Gasteiger partial charge in [0.25, 0.3) is 0 Å². The molecule has 0 N–H and O–H groups in total. The molecule has 0 saturated heterocycles. The molecule has 0 aliphatic carbocycles. The first-order chi connectivity index (χ1) is 11.6. The standard InChI is InChI=1S/C24H22/c1-24(2,3)23-14-8-13-20-19-12-7-11-18(17-9-5-4-6-10-17)21(19)15-16-22(20)23/h4-16H,1-3H3. The summed E-state index contributed by atoms with van der Waals surface area (Å²) in [7, 11) is 0. The van der Waals surface area contributed by atoms with Crippen LogP contribution in [0.25, 0.3) is 32.7 Å². The highest BCUT2D eigenvalue weighted by atomic mass is 14.2. The summed E-state index contributed by atoms with van der Waals surface area (Å²) in [5.74, 6) is 0. The maximum Gasteiger partial charge on any atom is -0.00990 e. The molecule has 0 aliphatic rings. The van der Waals surface area contributed by atoms with Gasteiger partial charge in [-0.2, -0.15) is 0 Å². The van der Waals surface area contributed by atoms with E-state index in [0.29, 0.717) is 0 Å². The van der Waals surface area contributed by atoms with Crippen LogP contribution in [0.5, 0.6) is 0 Å². The van der Waals surface area contributed by atoms with Crippen molar-refractivity contribution in [2.75, 3.05) is 0 Å². The average Bonchev–Trinajstić information content (AvgIpc) is 2.60. The van der Waals surface area contributed by atoms with E-state index < -0.39 is 0 Å². The van der Waals surface area contributed by atoms with Crippen LogP contribution in [0.4, 0.5) is 0 Å². The summed E-state index contributed by atoms with van der Waals surface area (Å²) >= 11 is 0. The molecule has 24 heavy (non-hydrogen) atoms. The van der Waals surface area contributed by atoms with Crippen LogP contribution in [0.3, 0.4) is 0 Å². The average molecular weight is 310 g/mol. The third-order valence-corrected chi connectivity index (χ3v) is 4.81. The molecule has 0 atom stereocenters. The molecule has 0 bridgehead atoms. The second-order valence-electron chi connectivity index (χ2n) is 7.48. The highest BCUT2D eigenvalue weighted by Crippen LogP contribution is 2.37. The Hall–Kier alpha value is -2.60. The number of rotatable bonds is 1. The van der Waals surface area contributed by atoms with Gasteiger partial charge in [0.15, 0.2) is 0 Å². The molecule has 0 unspecified atom stereocenters. The van der Waals surface area contributed by atoms with Crippen LogP contribution in [-0.2, 0) is 5.41 Å². The van der Waals surface area contributed by atoms with Gasteiger partial charge >= 0.3 is 0 Å². The van der Waals surface area contributed by atoms with Crippen molar-refractivity contribution in [3.8, 4) is 11.1 Å². The Morgan fingerprint density at radius 3 is 1.83 bits per heavy atom. The van der Waals surface area contributed by atoms with E-state index in [2.05, 4.69) is 99.6 Å². The summed E-state index contributed by atoms with van der Waals surface area (Å²) in [6.45, 7) is 6.85. The van der Waals surface area contributed by atoms with E-state index in [1.165, 1.54) is 38.2 Å². The summed E-state index contributed by atoms with van der Waals surface area (Å²) < 4.78 is 0. The minimum absolute atomic E-state index is 0.143. The lowest BCUT2D eigenvalue weighted by Gasteiger charge is -2.22. The second kappa shape index (κ2) is 5.49. The summed E-state index contributed by atoms with van der Waals surface area (Å²) in [6, 6.07) is 28.6. The topological polar surface area (TPSA) is 0 Å². The second-order valence-corrected chi connectivity index (χ2v) is 7.48. The van der Waals surface area contributed by atoms with Gasteiger partial charge in [0.1, 0.15) is 0 Å². The molecule has 118 valence electrons. The normalized spacial score (nSPS) is 12.0. The number of hydrogen-bond donors (Lipinski definition) is 0. The Morgan fingerprint density at radius 1 is 0.500 bits per heavy atom. The largest absolute Gasteiger partial charge is 0.0622 e. The van der Waals surface area contributed by atoms with Crippen molar-refractivity contribution >= 4 is 21.5 Å². The molecule has 4 aromatic carbocycles. The van der Waals surface area contributed by atoms with Crippen LogP contribution in [-0.4, -0.2) is 0 Å². The SMILES string of the molecule is CC(C)(C)c1cccc2c1ccc1c(-c3ccccc3)cccc12. The Labute approximate surface area is 143 Å². The maximum absolute atomic E-state index is 2.30. The van der Waals surface area contributed by atoms with Crippen LogP contribution in [0.1, 0.15) is 26.3 Å². The predicted octanol–water partition coefficient (Wildman–Crippen LogP) is 6.96. The van der Waals surface area contributed by atoms with E-state index in [0.717, 1.165) is 0 Å². The lowest BCUT2D eigenvalue weighted by molar-refractivity contribution is 0.596. The third kappa shape index (κ3) is 2.39. The molecule has 4 aromatic rings. The Morgan fingerprint density at radius 2 is 1.12 bits per heavy atom. The van der Waals surface area contributed by atoms with E-state index >= 15 is 0 Å². The first-order valence-corrected chi connectivity index (χ1v) is 8.56. The Balaban J connectivity index is 2.08. The van der Waals surface area contributed by atoms with Crippen LogP contribution < -0.4 is 0 Å². The van der Waals surface area contributed by atoms with Crippen molar-refractivity contribution in [1.82, 2.24) is 0 Å².